The molecule has 0 spiro atoms. The van der Waals surface area contributed by atoms with E-state index in [9.17, 15) is 4.79 Å². The number of nitrogens with two attached hydrogens (primary N) is 1. The molecule has 0 fully saturated rings. The number of hydrogen-bond donors (Lipinski definition) is 2. The maximum absolute atomic E-state index is 11.6. The van der Waals surface area contributed by atoms with Gasteiger partial charge in [-0.05, 0) is 23.4 Å². The molecule has 3 N–H and O–H groups in total. The molecule has 0 atom stereocenters. The van der Waals surface area contributed by atoms with Gasteiger partial charge in [0.1, 0.15) is 5.84 Å². The third-order valence-electron chi connectivity index (χ3n) is 2.93. The summed E-state index contributed by atoms with van der Waals surface area (Å²) in [4.78, 5) is 17.6. The van der Waals surface area contributed by atoms with Gasteiger partial charge in [0.2, 0.25) is 0 Å². The van der Waals surface area contributed by atoms with E-state index < -0.39 is 0 Å². The molecule has 116 valence electrons. The van der Waals surface area contributed by atoms with Gasteiger partial charge in [0.15, 0.2) is 6.61 Å². The van der Waals surface area contributed by atoms with Crippen molar-refractivity contribution in [1.29, 1.82) is 0 Å². The summed E-state index contributed by atoms with van der Waals surface area (Å²) in [7, 11) is 0. The van der Waals surface area contributed by atoms with Crippen LogP contribution in [0.2, 0.25) is 0 Å². The maximum Gasteiger partial charge on any atom is 0.261 e. The van der Waals surface area contributed by atoms with Crippen molar-refractivity contribution in [3.8, 4) is 0 Å². The number of thiophene rings is 1. The second-order valence-electron chi connectivity index (χ2n) is 4.70. The molecule has 0 radical (unpaired) electrons. The fraction of sp³-hybridized carbons (Fsp3) is 0.250. The predicted molar refractivity (Wildman–Crippen MR) is 88.5 cm³/mol. The molecular weight excluding hydrogens is 298 g/mol. The molecule has 0 aliphatic carbocycles. The number of nitrogens with zero attached hydrogens (tertiary/aromatic N) is 1. The van der Waals surface area contributed by atoms with Gasteiger partial charge >= 0.3 is 0 Å². The van der Waals surface area contributed by atoms with Crippen molar-refractivity contribution in [2.24, 2.45) is 10.9 Å². The lowest BCUT2D eigenvalue weighted by Gasteiger charge is -2.04. The van der Waals surface area contributed by atoms with Crippen molar-refractivity contribution in [3.63, 3.8) is 0 Å². The number of carbonyl (C=O) groups excluding carboxylic acids is 1. The molecule has 0 aliphatic heterocycles. The van der Waals surface area contributed by atoms with Gasteiger partial charge in [0, 0.05) is 11.3 Å². The lowest BCUT2D eigenvalue weighted by Crippen LogP contribution is -2.26. The summed E-state index contributed by atoms with van der Waals surface area (Å²) in [5.41, 5.74) is 6.94. The molecule has 2 aromatic rings. The Morgan fingerprint density at radius 1 is 1.23 bits per heavy atom. The summed E-state index contributed by atoms with van der Waals surface area (Å²) >= 11 is 1.60. The van der Waals surface area contributed by atoms with Crippen LogP contribution in [0.3, 0.4) is 0 Å². The van der Waals surface area contributed by atoms with Gasteiger partial charge in [-0.3, -0.25) is 4.79 Å². The van der Waals surface area contributed by atoms with Crippen LogP contribution in [0.25, 0.3) is 0 Å². The highest BCUT2D eigenvalue weighted by molar-refractivity contribution is 7.09. The van der Waals surface area contributed by atoms with Crippen LogP contribution in [-0.4, -0.2) is 18.3 Å². The number of aryl methyl sites for hydroxylation is 1. The van der Waals surface area contributed by atoms with Crippen LogP contribution < -0.4 is 11.1 Å². The number of oxime groups is 1. The van der Waals surface area contributed by atoms with E-state index in [-0.39, 0.29) is 12.5 Å². The molecule has 0 saturated heterocycles. The normalized spacial score (nSPS) is 11.2. The minimum atomic E-state index is -0.215. The van der Waals surface area contributed by atoms with Gasteiger partial charge in [-0.25, -0.2) is 0 Å². The zero-order valence-electron chi connectivity index (χ0n) is 12.2. The van der Waals surface area contributed by atoms with Crippen LogP contribution in [-0.2, 0) is 22.6 Å². The van der Waals surface area contributed by atoms with E-state index in [4.69, 9.17) is 10.6 Å². The fourth-order valence-corrected chi connectivity index (χ4v) is 2.43. The smallest absolute Gasteiger partial charge is 0.261 e. The van der Waals surface area contributed by atoms with E-state index in [0.29, 0.717) is 18.8 Å². The third-order valence-corrected chi connectivity index (χ3v) is 3.81. The van der Waals surface area contributed by atoms with Crippen molar-refractivity contribution >= 4 is 23.1 Å². The zero-order chi connectivity index (χ0) is 15.6. The van der Waals surface area contributed by atoms with Gasteiger partial charge < -0.3 is 15.9 Å². The first kappa shape index (κ1) is 16.0. The highest BCUT2D eigenvalue weighted by Crippen LogP contribution is 2.07. The number of benzene rings is 1. The summed E-state index contributed by atoms with van der Waals surface area (Å²) in [6, 6.07) is 13.9. The number of amidine groups is 1. The number of nitrogens with one attached hydrogen (secondary N) is 1. The summed E-state index contributed by atoms with van der Waals surface area (Å²) in [6.07, 6.45) is 1.39. The first-order valence-electron chi connectivity index (χ1n) is 7.01. The molecule has 1 aromatic heterocycles. The number of hydrogen-bond acceptors (Lipinski definition) is 4. The average Bonchev–Trinajstić information content (AvgIpc) is 3.05. The molecule has 0 aliphatic rings. The number of amides is 1. The Bertz CT molecular complexity index is 597. The lowest BCUT2D eigenvalue weighted by atomic mass is 10.1. The quantitative estimate of drug-likeness (QED) is 0.445. The van der Waals surface area contributed by atoms with E-state index in [2.05, 4.69) is 10.5 Å². The van der Waals surface area contributed by atoms with Gasteiger partial charge in [0.25, 0.3) is 5.91 Å². The summed E-state index contributed by atoms with van der Waals surface area (Å²) in [6.45, 7) is 0.379. The second kappa shape index (κ2) is 8.84. The Balaban J connectivity index is 1.62. The molecule has 1 amide bonds. The molecule has 0 saturated carbocycles. The minimum absolute atomic E-state index is 0.128. The van der Waals surface area contributed by atoms with Crippen molar-refractivity contribution < 1.29 is 9.63 Å². The molecule has 0 bridgehead atoms. The van der Waals surface area contributed by atoms with Crippen molar-refractivity contribution in [3.05, 3.63) is 58.3 Å². The summed E-state index contributed by atoms with van der Waals surface area (Å²) in [5, 5.41) is 8.48. The van der Waals surface area contributed by atoms with Gasteiger partial charge in [-0.2, -0.15) is 0 Å². The Kier molecular flexibility index (Phi) is 6.44. The van der Waals surface area contributed by atoms with E-state index >= 15 is 0 Å². The topological polar surface area (TPSA) is 76.7 Å². The van der Waals surface area contributed by atoms with Crippen LogP contribution in [0.4, 0.5) is 0 Å². The van der Waals surface area contributed by atoms with Gasteiger partial charge in [-0.15, -0.1) is 11.3 Å². The van der Waals surface area contributed by atoms with E-state index in [1.165, 1.54) is 5.56 Å². The van der Waals surface area contributed by atoms with Crippen LogP contribution >= 0.6 is 11.3 Å². The number of carbonyl (C=O) groups is 1. The molecule has 6 heteroatoms. The van der Waals surface area contributed by atoms with Crippen molar-refractivity contribution in [2.75, 3.05) is 6.61 Å². The first-order valence-corrected chi connectivity index (χ1v) is 7.89. The van der Waals surface area contributed by atoms with Gasteiger partial charge in [-0.1, -0.05) is 41.6 Å². The SMILES string of the molecule is N/C(CCc1ccccc1)=N\OCC(=O)NCc1cccs1. The predicted octanol–water partition coefficient (Wildman–Crippen LogP) is 2.29. The van der Waals surface area contributed by atoms with E-state index in [1.54, 1.807) is 11.3 Å². The van der Waals surface area contributed by atoms with Crippen molar-refractivity contribution in [2.45, 2.75) is 19.4 Å². The minimum Gasteiger partial charge on any atom is -0.384 e. The fourth-order valence-electron chi connectivity index (χ4n) is 1.79. The monoisotopic (exact) mass is 317 g/mol. The lowest BCUT2D eigenvalue weighted by molar-refractivity contribution is -0.125. The molecular formula is C16H19N3O2S. The van der Waals surface area contributed by atoms with Crippen LogP contribution in [0, 0.1) is 0 Å². The zero-order valence-corrected chi connectivity index (χ0v) is 13.0. The first-order chi connectivity index (χ1) is 10.7. The third kappa shape index (κ3) is 5.97. The summed E-state index contributed by atoms with van der Waals surface area (Å²) in [5.74, 6) is 0.169. The molecule has 5 nitrogen and oxygen atoms in total. The highest BCUT2D eigenvalue weighted by atomic mass is 32.1. The van der Waals surface area contributed by atoms with Crippen molar-refractivity contribution in [1.82, 2.24) is 5.32 Å². The molecule has 2 rings (SSSR count). The van der Waals surface area contributed by atoms with E-state index in [1.807, 2.05) is 47.8 Å². The van der Waals surface area contributed by atoms with Gasteiger partial charge in [0.05, 0.1) is 6.54 Å². The Labute approximate surface area is 133 Å². The standard InChI is InChI=1S/C16H19N3O2S/c17-15(9-8-13-5-2-1-3-6-13)19-21-12-16(20)18-11-14-7-4-10-22-14/h1-7,10H,8-9,11-12H2,(H2,17,19)(H,18,20). The molecule has 1 heterocycles. The average molecular weight is 317 g/mol. The second-order valence-corrected chi connectivity index (χ2v) is 5.73. The highest BCUT2D eigenvalue weighted by Gasteiger charge is 2.03. The van der Waals surface area contributed by atoms with Crippen LogP contribution in [0.5, 0.6) is 0 Å². The van der Waals surface area contributed by atoms with E-state index in [0.717, 1.165) is 11.3 Å². The van der Waals surface area contributed by atoms with Crippen LogP contribution in [0.15, 0.2) is 53.0 Å². The molecule has 0 unspecified atom stereocenters. The number of rotatable bonds is 8. The molecule has 22 heavy (non-hydrogen) atoms. The Morgan fingerprint density at radius 3 is 2.77 bits per heavy atom. The Morgan fingerprint density at radius 2 is 2.05 bits per heavy atom. The largest absolute Gasteiger partial charge is 0.384 e. The maximum atomic E-state index is 11.6. The summed E-state index contributed by atoms with van der Waals surface area (Å²) < 4.78 is 0. The molecule has 1 aromatic carbocycles. The Hall–Kier alpha value is -2.34. The van der Waals surface area contributed by atoms with Crippen LogP contribution in [0.1, 0.15) is 16.9 Å².